The first-order valence-electron chi connectivity index (χ1n) is 6.26. The maximum Gasteiger partial charge on any atom is 0.276 e. The largest absolute Gasteiger partial charge is 0.296 e. The van der Waals surface area contributed by atoms with Gasteiger partial charge < -0.3 is 0 Å². The number of thiazole rings is 1. The molecule has 3 rings (SSSR count). The lowest BCUT2D eigenvalue weighted by Crippen LogP contribution is -2.13. The van der Waals surface area contributed by atoms with Crippen molar-refractivity contribution < 1.29 is 9.18 Å². The Morgan fingerprint density at radius 3 is 2.73 bits per heavy atom. The van der Waals surface area contributed by atoms with E-state index in [0.29, 0.717) is 15.8 Å². The number of benzene rings is 1. The van der Waals surface area contributed by atoms with Crippen LogP contribution in [0.1, 0.15) is 10.5 Å². The number of nitrogens with one attached hydrogen (secondary N) is 1. The van der Waals surface area contributed by atoms with Gasteiger partial charge in [0, 0.05) is 22.2 Å². The molecule has 22 heavy (non-hydrogen) atoms. The number of nitrogens with zero attached hydrogens (tertiary/aromatic N) is 2. The minimum absolute atomic E-state index is 0.214. The molecule has 0 aliphatic heterocycles. The monoisotopic (exact) mass is 333 g/mol. The zero-order valence-corrected chi connectivity index (χ0v) is 12.7. The van der Waals surface area contributed by atoms with Gasteiger partial charge in [0.05, 0.1) is 5.69 Å². The Morgan fingerprint density at radius 2 is 2.00 bits per heavy atom. The van der Waals surface area contributed by atoms with E-state index in [1.165, 1.54) is 35.7 Å². The van der Waals surface area contributed by atoms with Gasteiger partial charge in [0.2, 0.25) is 0 Å². The predicted molar refractivity (Wildman–Crippen MR) is 84.7 cm³/mol. The number of amides is 1. The number of pyridine rings is 1. The molecule has 4 nitrogen and oxygen atoms in total. The van der Waals surface area contributed by atoms with Crippen molar-refractivity contribution >= 4 is 34.0 Å². The number of hydrogen-bond donors (Lipinski definition) is 1. The van der Waals surface area contributed by atoms with Gasteiger partial charge >= 0.3 is 0 Å². The second-order valence-electron chi connectivity index (χ2n) is 4.36. The van der Waals surface area contributed by atoms with Crippen molar-refractivity contribution in [2.45, 2.75) is 0 Å². The summed E-state index contributed by atoms with van der Waals surface area (Å²) in [4.78, 5) is 20.3. The zero-order valence-electron chi connectivity index (χ0n) is 11.1. The van der Waals surface area contributed by atoms with E-state index in [9.17, 15) is 9.18 Å². The summed E-state index contributed by atoms with van der Waals surface area (Å²) in [5.41, 5.74) is 1.66. The Morgan fingerprint density at radius 1 is 1.23 bits per heavy atom. The number of carbonyl (C=O) groups is 1. The topological polar surface area (TPSA) is 54.9 Å². The van der Waals surface area contributed by atoms with E-state index in [1.54, 1.807) is 23.6 Å². The SMILES string of the molecule is O=C(Nc1nc(-c2ccc(F)cc2)cs1)c1cc(Cl)ccn1. The van der Waals surface area contributed by atoms with Gasteiger partial charge in [0.25, 0.3) is 5.91 Å². The highest BCUT2D eigenvalue weighted by Gasteiger charge is 2.11. The van der Waals surface area contributed by atoms with Crippen LogP contribution in [-0.2, 0) is 0 Å². The Bertz CT molecular complexity index is 820. The molecule has 110 valence electrons. The quantitative estimate of drug-likeness (QED) is 0.779. The third-order valence-electron chi connectivity index (χ3n) is 2.82. The summed E-state index contributed by atoms with van der Waals surface area (Å²) >= 11 is 7.10. The second kappa shape index (κ2) is 6.21. The zero-order chi connectivity index (χ0) is 15.5. The average Bonchev–Trinajstić information content (AvgIpc) is 2.96. The van der Waals surface area contributed by atoms with Crippen LogP contribution < -0.4 is 5.32 Å². The van der Waals surface area contributed by atoms with Crippen LogP contribution in [0.25, 0.3) is 11.3 Å². The lowest BCUT2D eigenvalue weighted by atomic mass is 10.2. The lowest BCUT2D eigenvalue weighted by Gasteiger charge is -2.01. The van der Waals surface area contributed by atoms with Gasteiger partial charge in [0.15, 0.2) is 5.13 Å². The van der Waals surface area contributed by atoms with Gasteiger partial charge in [-0.15, -0.1) is 11.3 Å². The van der Waals surface area contributed by atoms with E-state index in [1.807, 2.05) is 0 Å². The summed E-state index contributed by atoms with van der Waals surface area (Å²) in [6.45, 7) is 0. The van der Waals surface area contributed by atoms with Crippen LogP contribution in [0, 0.1) is 5.82 Å². The summed E-state index contributed by atoms with van der Waals surface area (Å²) in [5.74, 6) is -0.693. The highest BCUT2D eigenvalue weighted by Crippen LogP contribution is 2.25. The van der Waals surface area contributed by atoms with Gasteiger partial charge in [-0.1, -0.05) is 11.6 Å². The van der Waals surface area contributed by atoms with E-state index < -0.39 is 0 Å². The number of anilines is 1. The Labute approximate surface area is 134 Å². The molecule has 0 fully saturated rings. The molecule has 0 saturated heterocycles. The molecular formula is C15H9ClFN3OS. The molecule has 1 amide bonds. The summed E-state index contributed by atoms with van der Waals surface area (Å²) in [6, 6.07) is 9.06. The molecule has 0 atom stereocenters. The first-order valence-corrected chi connectivity index (χ1v) is 7.52. The van der Waals surface area contributed by atoms with Crippen molar-refractivity contribution in [3.05, 3.63) is 64.5 Å². The fraction of sp³-hybridized carbons (Fsp3) is 0. The normalized spacial score (nSPS) is 10.5. The molecule has 0 aliphatic rings. The van der Waals surface area contributed by atoms with Crippen molar-refractivity contribution in [1.82, 2.24) is 9.97 Å². The number of halogens is 2. The van der Waals surface area contributed by atoms with E-state index in [2.05, 4.69) is 15.3 Å². The number of carbonyl (C=O) groups excluding carboxylic acids is 1. The Hall–Kier alpha value is -2.31. The third-order valence-corrected chi connectivity index (χ3v) is 3.81. The first kappa shape index (κ1) is 14.6. The number of aromatic nitrogens is 2. The number of hydrogen-bond acceptors (Lipinski definition) is 4. The summed E-state index contributed by atoms with van der Waals surface area (Å²) in [6.07, 6.45) is 1.46. The van der Waals surface area contributed by atoms with Gasteiger partial charge in [0.1, 0.15) is 11.5 Å². The standard InChI is InChI=1S/C15H9ClFN3OS/c16-10-5-6-18-12(7-10)14(21)20-15-19-13(8-22-15)9-1-3-11(17)4-2-9/h1-8H,(H,19,20,21). The summed E-state index contributed by atoms with van der Waals surface area (Å²) in [5, 5.41) is 5.32. The van der Waals surface area contributed by atoms with Crippen molar-refractivity contribution in [1.29, 1.82) is 0 Å². The molecule has 0 saturated carbocycles. The molecule has 3 aromatic rings. The lowest BCUT2D eigenvalue weighted by molar-refractivity contribution is 0.102. The number of rotatable bonds is 3. The molecule has 2 aromatic heterocycles. The van der Waals surface area contributed by atoms with Gasteiger partial charge in [-0.3, -0.25) is 15.1 Å². The van der Waals surface area contributed by atoms with Crippen LogP contribution in [-0.4, -0.2) is 15.9 Å². The fourth-order valence-electron chi connectivity index (χ4n) is 1.77. The highest BCUT2D eigenvalue weighted by molar-refractivity contribution is 7.14. The van der Waals surface area contributed by atoms with Crippen molar-refractivity contribution in [3.63, 3.8) is 0 Å². The van der Waals surface area contributed by atoms with E-state index in [4.69, 9.17) is 11.6 Å². The fourth-order valence-corrected chi connectivity index (χ4v) is 2.65. The maximum absolute atomic E-state index is 12.9. The van der Waals surface area contributed by atoms with Crippen LogP contribution >= 0.6 is 22.9 Å². The molecule has 1 aromatic carbocycles. The summed E-state index contributed by atoms with van der Waals surface area (Å²) in [7, 11) is 0. The smallest absolute Gasteiger partial charge is 0.276 e. The van der Waals surface area contributed by atoms with Crippen LogP contribution in [0.3, 0.4) is 0 Å². The maximum atomic E-state index is 12.9. The van der Waals surface area contributed by atoms with E-state index in [0.717, 1.165) is 5.56 Å². The van der Waals surface area contributed by atoms with Gasteiger partial charge in [-0.2, -0.15) is 0 Å². The van der Waals surface area contributed by atoms with Crippen LogP contribution in [0.4, 0.5) is 9.52 Å². The molecule has 0 radical (unpaired) electrons. The minimum atomic E-state index is -0.387. The minimum Gasteiger partial charge on any atom is -0.296 e. The molecule has 0 bridgehead atoms. The Balaban J connectivity index is 1.77. The Kier molecular flexibility index (Phi) is 4.13. The van der Waals surface area contributed by atoms with Crippen molar-refractivity contribution in [2.24, 2.45) is 0 Å². The molecule has 2 heterocycles. The van der Waals surface area contributed by atoms with Crippen LogP contribution in [0.2, 0.25) is 5.02 Å². The van der Waals surface area contributed by atoms with Gasteiger partial charge in [-0.25, -0.2) is 9.37 Å². The first-order chi connectivity index (χ1) is 10.6. The van der Waals surface area contributed by atoms with E-state index >= 15 is 0 Å². The molecule has 1 N–H and O–H groups in total. The molecule has 0 spiro atoms. The average molecular weight is 334 g/mol. The van der Waals surface area contributed by atoms with Crippen LogP contribution in [0.5, 0.6) is 0 Å². The van der Waals surface area contributed by atoms with Crippen LogP contribution in [0.15, 0.2) is 48.0 Å². The second-order valence-corrected chi connectivity index (χ2v) is 5.65. The predicted octanol–water partition coefficient (Wildman–Crippen LogP) is 4.25. The molecule has 0 aliphatic carbocycles. The van der Waals surface area contributed by atoms with Crippen molar-refractivity contribution in [3.8, 4) is 11.3 Å². The van der Waals surface area contributed by atoms with Crippen molar-refractivity contribution in [2.75, 3.05) is 5.32 Å². The third kappa shape index (κ3) is 3.29. The highest BCUT2D eigenvalue weighted by atomic mass is 35.5. The summed E-state index contributed by atoms with van der Waals surface area (Å²) < 4.78 is 12.9. The van der Waals surface area contributed by atoms with E-state index in [-0.39, 0.29) is 17.4 Å². The molecule has 0 unspecified atom stereocenters. The molecular weight excluding hydrogens is 325 g/mol. The molecule has 7 heteroatoms. The van der Waals surface area contributed by atoms with Gasteiger partial charge in [-0.05, 0) is 36.4 Å².